The summed E-state index contributed by atoms with van der Waals surface area (Å²) in [5, 5.41) is 0. The van der Waals surface area contributed by atoms with E-state index in [-0.39, 0.29) is 17.7 Å². The minimum Gasteiger partial charge on any atom is -0.466 e. The second-order valence-electron chi connectivity index (χ2n) is 6.89. The van der Waals surface area contributed by atoms with Crippen LogP contribution in [0.3, 0.4) is 0 Å². The van der Waals surface area contributed by atoms with E-state index in [1.807, 2.05) is 13.8 Å². The third-order valence-corrected chi connectivity index (χ3v) is 4.46. The zero-order valence-corrected chi connectivity index (χ0v) is 15.2. The smallest absolute Gasteiger partial charge is 0.314 e. The number of benzene rings is 1. The molecule has 4 nitrogen and oxygen atoms in total. The number of hydrogen-bond donors (Lipinski definition) is 0. The molecule has 1 aromatic rings. The lowest BCUT2D eigenvalue weighted by atomic mass is 9.75. The lowest BCUT2D eigenvalue weighted by molar-refractivity contribution is -0.160. The molecule has 1 aliphatic heterocycles. The van der Waals surface area contributed by atoms with Gasteiger partial charge in [-0.15, -0.1) is 0 Å². The molecule has 5 heteroatoms. The molecule has 0 unspecified atom stereocenters. The maximum Gasteiger partial charge on any atom is 0.314 e. The van der Waals surface area contributed by atoms with Gasteiger partial charge in [0.15, 0.2) is 0 Å². The van der Waals surface area contributed by atoms with Crippen LogP contribution in [0.2, 0.25) is 0 Å². The molecule has 1 aromatic carbocycles. The van der Waals surface area contributed by atoms with Crippen LogP contribution in [0.5, 0.6) is 0 Å². The van der Waals surface area contributed by atoms with Crippen molar-refractivity contribution in [1.29, 1.82) is 0 Å². The van der Waals surface area contributed by atoms with Crippen molar-refractivity contribution >= 4 is 11.9 Å². The topological polar surface area (TPSA) is 46.6 Å². The average molecular weight is 347 g/mol. The summed E-state index contributed by atoms with van der Waals surface area (Å²) in [4.78, 5) is 26.9. The molecular weight excluding hydrogens is 321 g/mol. The van der Waals surface area contributed by atoms with E-state index in [1.165, 1.54) is 12.1 Å². The Bertz CT molecular complexity index is 649. The van der Waals surface area contributed by atoms with E-state index in [0.717, 1.165) is 17.6 Å². The Morgan fingerprint density at radius 1 is 1.28 bits per heavy atom. The van der Waals surface area contributed by atoms with E-state index in [4.69, 9.17) is 4.74 Å². The van der Waals surface area contributed by atoms with Gasteiger partial charge in [-0.05, 0) is 57.7 Å². The molecule has 1 fully saturated rings. The Balaban J connectivity index is 2.28. The van der Waals surface area contributed by atoms with Crippen molar-refractivity contribution in [3.63, 3.8) is 0 Å². The Hall–Kier alpha value is -2.17. The van der Waals surface area contributed by atoms with Crippen molar-refractivity contribution in [2.75, 3.05) is 19.7 Å². The van der Waals surface area contributed by atoms with Gasteiger partial charge < -0.3 is 9.64 Å². The SMILES string of the molecule is CCOC(=O)[C@@]1(Cc2ccc(F)cc2)CCCN(C(=O)C=C(C)C)C1. The predicted octanol–water partition coefficient (Wildman–Crippen LogP) is 3.51. The van der Waals surface area contributed by atoms with E-state index >= 15 is 0 Å². The first-order valence-electron chi connectivity index (χ1n) is 8.72. The number of esters is 1. The summed E-state index contributed by atoms with van der Waals surface area (Å²) in [6.07, 6.45) is 3.42. The highest BCUT2D eigenvalue weighted by molar-refractivity contribution is 5.89. The van der Waals surface area contributed by atoms with E-state index in [9.17, 15) is 14.0 Å². The number of ether oxygens (including phenoxy) is 1. The molecule has 0 aromatic heterocycles. The normalized spacial score (nSPS) is 20.1. The first kappa shape index (κ1) is 19.2. The van der Waals surface area contributed by atoms with Crippen LogP contribution in [0, 0.1) is 11.2 Å². The van der Waals surface area contributed by atoms with Gasteiger partial charge in [-0.25, -0.2) is 4.39 Å². The molecule has 1 saturated heterocycles. The molecular formula is C20H26FNO3. The van der Waals surface area contributed by atoms with Crippen LogP contribution in [0.4, 0.5) is 4.39 Å². The van der Waals surface area contributed by atoms with Crippen LogP contribution < -0.4 is 0 Å². The summed E-state index contributed by atoms with van der Waals surface area (Å²) in [7, 11) is 0. The van der Waals surface area contributed by atoms with Crippen molar-refractivity contribution in [3.05, 3.63) is 47.3 Å². The van der Waals surface area contributed by atoms with Gasteiger partial charge in [-0.3, -0.25) is 9.59 Å². The Kier molecular flexibility index (Phi) is 6.34. The number of carbonyl (C=O) groups is 2. The highest BCUT2D eigenvalue weighted by Gasteiger charge is 2.44. The number of rotatable bonds is 5. The van der Waals surface area contributed by atoms with Gasteiger partial charge in [-0.2, -0.15) is 0 Å². The number of likely N-dealkylation sites (tertiary alicyclic amines) is 1. The van der Waals surface area contributed by atoms with Crippen LogP contribution in [-0.2, 0) is 20.7 Å². The molecule has 0 bridgehead atoms. The van der Waals surface area contributed by atoms with Crippen molar-refractivity contribution < 1.29 is 18.7 Å². The van der Waals surface area contributed by atoms with Gasteiger partial charge in [0.1, 0.15) is 5.82 Å². The molecule has 1 amide bonds. The standard InChI is InChI=1S/C20H26FNO3/c1-4-25-19(24)20(13-16-6-8-17(21)9-7-16)10-5-11-22(14-20)18(23)12-15(2)3/h6-9,12H,4-5,10-11,13-14H2,1-3H3/t20-/m1/s1. The number of piperidine rings is 1. The highest BCUT2D eigenvalue weighted by atomic mass is 19.1. The summed E-state index contributed by atoms with van der Waals surface area (Å²) in [5.74, 6) is -0.667. The first-order chi connectivity index (χ1) is 11.9. The van der Waals surface area contributed by atoms with Crippen LogP contribution in [0.15, 0.2) is 35.9 Å². The van der Waals surface area contributed by atoms with Crippen molar-refractivity contribution in [2.24, 2.45) is 5.41 Å². The number of hydrogen-bond acceptors (Lipinski definition) is 3. The van der Waals surface area contributed by atoms with Crippen LogP contribution in [0.1, 0.15) is 39.2 Å². The maximum absolute atomic E-state index is 13.2. The molecule has 0 N–H and O–H groups in total. The second-order valence-corrected chi connectivity index (χ2v) is 6.89. The van der Waals surface area contributed by atoms with Gasteiger partial charge in [-0.1, -0.05) is 17.7 Å². The summed E-state index contributed by atoms with van der Waals surface area (Å²) >= 11 is 0. The highest BCUT2D eigenvalue weighted by Crippen LogP contribution is 2.35. The van der Waals surface area contributed by atoms with Gasteiger partial charge >= 0.3 is 5.97 Å². The molecule has 25 heavy (non-hydrogen) atoms. The summed E-state index contributed by atoms with van der Waals surface area (Å²) in [6.45, 7) is 6.78. The van der Waals surface area contributed by atoms with E-state index in [2.05, 4.69) is 0 Å². The summed E-state index contributed by atoms with van der Waals surface area (Å²) in [6, 6.07) is 6.16. The molecule has 0 saturated carbocycles. The second kappa shape index (κ2) is 8.28. The number of amides is 1. The first-order valence-corrected chi connectivity index (χ1v) is 8.72. The lowest BCUT2D eigenvalue weighted by Crippen LogP contribution is -2.51. The molecule has 2 rings (SSSR count). The van der Waals surface area contributed by atoms with E-state index in [0.29, 0.717) is 32.5 Å². The fraction of sp³-hybridized carbons (Fsp3) is 0.500. The molecule has 1 atom stereocenters. The van der Waals surface area contributed by atoms with Gasteiger partial charge in [0.05, 0.1) is 12.0 Å². The number of halogens is 1. The Morgan fingerprint density at radius 2 is 1.96 bits per heavy atom. The van der Waals surface area contributed by atoms with Gasteiger partial charge in [0.2, 0.25) is 5.91 Å². The largest absolute Gasteiger partial charge is 0.466 e. The fourth-order valence-electron chi connectivity index (χ4n) is 3.32. The molecule has 1 heterocycles. The minimum atomic E-state index is -0.781. The van der Waals surface area contributed by atoms with Crippen molar-refractivity contribution in [1.82, 2.24) is 4.90 Å². The number of allylic oxidation sites excluding steroid dienone is 1. The number of nitrogens with zero attached hydrogens (tertiary/aromatic N) is 1. The van der Waals surface area contributed by atoms with Crippen molar-refractivity contribution in [3.8, 4) is 0 Å². The van der Waals surface area contributed by atoms with Crippen molar-refractivity contribution in [2.45, 2.75) is 40.0 Å². The molecule has 0 spiro atoms. The zero-order valence-electron chi connectivity index (χ0n) is 15.2. The molecule has 0 aliphatic carbocycles. The molecule has 136 valence electrons. The Morgan fingerprint density at radius 3 is 2.56 bits per heavy atom. The quantitative estimate of drug-likeness (QED) is 0.605. The third-order valence-electron chi connectivity index (χ3n) is 4.46. The third kappa shape index (κ3) is 4.91. The van der Waals surface area contributed by atoms with Crippen LogP contribution in [0.25, 0.3) is 0 Å². The molecule has 0 radical (unpaired) electrons. The average Bonchev–Trinajstić information content (AvgIpc) is 2.57. The van der Waals surface area contributed by atoms with E-state index in [1.54, 1.807) is 30.0 Å². The summed E-state index contributed by atoms with van der Waals surface area (Å²) in [5.41, 5.74) is 1.01. The summed E-state index contributed by atoms with van der Waals surface area (Å²) < 4.78 is 18.5. The van der Waals surface area contributed by atoms with Gasteiger partial charge in [0, 0.05) is 19.2 Å². The predicted molar refractivity (Wildman–Crippen MR) is 94.4 cm³/mol. The monoisotopic (exact) mass is 347 g/mol. The fourth-order valence-corrected chi connectivity index (χ4v) is 3.32. The van der Waals surface area contributed by atoms with E-state index < -0.39 is 5.41 Å². The number of carbonyl (C=O) groups excluding carboxylic acids is 2. The zero-order chi connectivity index (χ0) is 18.4. The molecule has 1 aliphatic rings. The van der Waals surface area contributed by atoms with Crippen LogP contribution in [-0.4, -0.2) is 36.5 Å². The minimum absolute atomic E-state index is 0.0764. The Labute approximate surface area is 148 Å². The lowest BCUT2D eigenvalue weighted by Gasteiger charge is -2.40. The van der Waals surface area contributed by atoms with Crippen LogP contribution >= 0.6 is 0 Å². The van der Waals surface area contributed by atoms with Gasteiger partial charge in [0.25, 0.3) is 0 Å². The maximum atomic E-state index is 13.2.